The van der Waals surface area contributed by atoms with E-state index in [4.69, 9.17) is 4.74 Å². The largest absolute Gasteiger partial charge is 0.489 e. The smallest absolute Gasteiger partial charge is 0.213 e. The van der Waals surface area contributed by atoms with E-state index in [2.05, 4.69) is 15.6 Å². The topological polar surface area (TPSA) is 83.0 Å². The number of aliphatic imine (C=N–C) groups is 1. The van der Waals surface area contributed by atoms with Crippen molar-refractivity contribution in [1.82, 2.24) is 14.9 Å². The van der Waals surface area contributed by atoms with E-state index in [1.54, 1.807) is 26.1 Å². The van der Waals surface area contributed by atoms with Crippen molar-refractivity contribution in [3.63, 3.8) is 0 Å². The third-order valence-corrected chi connectivity index (χ3v) is 5.65. The van der Waals surface area contributed by atoms with Gasteiger partial charge in [-0.3, -0.25) is 0 Å². The van der Waals surface area contributed by atoms with Gasteiger partial charge >= 0.3 is 0 Å². The molecule has 1 rings (SSSR count). The average Bonchev–Trinajstić information content (AvgIpc) is 2.64. The Morgan fingerprint density at radius 1 is 1.26 bits per heavy atom. The van der Waals surface area contributed by atoms with Gasteiger partial charge in [0.15, 0.2) is 5.96 Å². The Kier molecular flexibility index (Phi) is 10.1. The molecule has 0 aliphatic heterocycles. The highest BCUT2D eigenvalue weighted by Gasteiger charge is 2.14. The number of halogens is 1. The first-order valence-electron chi connectivity index (χ1n) is 9.16. The van der Waals surface area contributed by atoms with Crippen molar-refractivity contribution < 1.29 is 17.5 Å². The lowest BCUT2D eigenvalue weighted by Crippen LogP contribution is -2.39. The summed E-state index contributed by atoms with van der Waals surface area (Å²) in [5, 5.41) is 6.33. The van der Waals surface area contributed by atoms with Gasteiger partial charge in [0.1, 0.15) is 17.7 Å². The summed E-state index contributed by atoms with van der Waals surface area (Å²) >= 11 is 0. The highest BCUT2D eigenvalue weighted by molar-refractivity contribution is 7.89. The molecule has 0 fully saturated rings. The minimum Gasteiger partial charge on any atom is -0.489 e. The molecule has 1 aromatic rings. The molecule has 154 valence electrons. The summed E-state index contributed by atoms with van der Waals surface area (Å²) in [6.45, 7) is 7.68. The van der Waals surface area contributed by atoms with Crippen LogP contribution in [0.5, 0.6) is 5.75 Å². The maximum absolute atomic E-state index is 12.9. The molecule has 0 heterocycles. The number of ether oxygens (including phenoxy) is 1. The first kappa shape index (κ1) is 23.2. The summed E-state index contributed by atoms with van der Waals surface area (Å²) in [5.41, 5.74) is 0. The number of sulfonamides is 1. The summed E-state index contributed by atoms with van der Waals surface area (Å²) in [7, 11) is -1.55. The predicted molar refractivity (Wildman–Crippen MR) is 107 cm³/mol. The monoisotopic (exact) mass is 402 g/mol. The van der Waals surface area contributed by atoms with Gasteiger partial charge in [-0.05, 0) is 51.5 Å². The molecule has 1 aromatic carbocycles. The second-order valence-corrected chi connectivity index (χ2v) is 8.47. The van der Waals surface area contributed by atoms with Gasteiger partial charge in [-0.1, -0.05) is 0 Å². The Hall–Kier alpha value is -1.87. The van der Waals surface area contributed by atoms with E-state index in [-0.39, 0.29) is 17.7 Å². The van der Waals surface area contributed by atoms with Crippen LogP contribution >= 0.6 is 0 Å². The van der Waals surface area contributed by atoms with Gasteiger partial charge in [-0.15, -0.1) is 0 Å². The normalized spacial score (nSPS) is 13.5. The lowest BCUT2D eigenvalue weighted by Gasteiger charge is -2.17. The van der Waals surface area contributed by atoms with Crippen LogP contribution in [0.15, 0.2) is 29.3 Å². The minimum absolute atomic E-state index is 0.104. The fourth-order valence-corrected chi connectivity index (χ4v) is 3.06. The van der Waals surface area contributed by atoms with Gasteiger partial charge in [0.2, 0.25) is 10.0 Å². The maximum Gasteiger partial charge on any atom is 0.213 e. The van der Waals surface area contributed by atoms with Crippen LogP contribution in [0.2, 0.25) is 0 Å². The number of nitrogens with zero attached hydrogens (tertiary/aromatic N) is 2. The lowest BCUT2D eigenvalue weighted by atomic mass is 10.3. The third kappa shape index (κ3) is 9.05. The molecule has 0 aromatic heterocycles. The minimum atomic E-state index is -3.14. The van der Waals surface area contributed by atoms with Crippen LogP contribution < -0.4 is 15.4 Å². The number of hydrogen-bond donors (Lipinski definition) is 2. The lowest BCUT2D eigenvalue weighted by molar-refractivity contribution is 0.230. The second-order valence-electron chi connectivity index (χ2n) is 6.10. The highest BCUT2D eigenvalue weighted by Crippen LogP contribution is 2.13. The maximum atomic E-state index is 12.9. The van der Waals surface area contributed by atoms with Gasteiger partial charge in [-0.25, -0.2) is 22.1 Å². The number of nitrogens with one attached hydrogen (secondary N) is 2. The first-order valence-corrected chi connectivity index (χ1v) is 10.8. The third-order valence-electron chi connectivity index (χ3n) is 3.78. The molecular weight excluding hydrogens is 371 g/mol. The fourth-order valence-electron chi connectivity index (χ4n) is 2.21. The van der Waals surface area contributed by atoms with Crippen LogP contribution in [0.1, 0.15) is 27.2 Å². The molecule has 1 atom stereocenters. The zero-order valence-electron chi connectivity index (χ0n) is 16.5. The molecule has 0 bridgehead atoms. The summed E-state index contributed by atoms with van der Waals surface area (Å²) in [5.74, 6) is 1.04. The van der Waals surface area contributed by atoms with Crippen molar-refractivity contribution in [3.05, 3.63) is 30.1 Å². The van der Waals surface area contributed by atoms with E-state index in [9.17, 15) is 12.8 Å². The van der Waals surface area contributed by atoms with E-state index in [1.165, 1.54) is 16.4 Å². The summed E-state index contributed by atoms with van der Waals surface area (Å²) in [6.07, 6.45) is 0.494. The zero-order chi connectivity index (χ0) is 20.3. The molecule has 0 saturated carbocycles. The van der Waals surface area contributed by atoms with E-state index >= 15 is 0 Å². The van der Waals surface area contributed by atoms with Crippen LogP contribution in [0.25, 0.3) is 0 Å². The van der Waals surface area contributed by atoms with Crippen LogP contribution in [0.3, 0.4) is 0 Å². The van der Waals surface area contributed by atoms with E-state index in [0.29, 0.717) is 44.3 Å². The van der Waals surface area contributed by atoms with Gasteiger partial charge in [-0.2, -0.15) is 0 Å². The SMILES string of the molecule is CCNC(=NCC(C)Oc1ccc(F)cc1)NCCCN(C)S(=O)(=O)CC. The number of guanidine groups is 1. The van der Waals surface area contributed by atoms with Crippen molar-refractivity contribution >= 4 is 16.0 Å². The Morgan fingerprint density at radius 3 is 2.52 bits per heavy atom. The van der Waals surface area contributed by atoms with Crippen LogP contribution in [0, 0.1) is 5.82 Å². The number of hydrogen-bond acceptors (Lipinski definition) is 4. The molecule has 27 heavy (non-hydrogen) atoms. The van der Waals surface area contributed by atoms with E-state index < -0.39 is 10.0 Å². The summed E-state index contributed by atoms with van der Waals surface area (Å²) in [4.78, 5) is 4.47. The number of benzene rings is 1. The van der Waals surface area contributed by atoms with E-state index in [1.807, 2.05) is 13.8 Å². The molecule has 0 spiro atoms. The Labute approximate surface area is 162 Å². The quantitative estimate of drug-likeness (QED) is 0.335. The van der Waals surface area contributed by atoms with Gasteiger partial charge < -0.3 is 15.4 Å². The van der Waals surface area contributed by atoms with Gasteiger partial charge in [0.05, 0.1) is 12.3 Å². The van der Waals surface area contributed by atoms with Crippen molar-refractivity contribution in [2.75, 3.05) is 39.0 Å². The standard InChI is InChI=1S/C18H31FN4O3S/c1-5-20-18(21-12-7-13-23(4)27(24,25)6-2)22-14-15(3)26-17-10-8-16(19)9-11-17/h8-11,15H,5-7,12-14H2,1-4H3,(H2,20,21,22). The van der Waals surface area contributed by atoms with E-state index in [0.717, 1.165) is 0 Å². The number of rotatable bonds is 11. The molecule has 0 aliphatic rings. The molecule has 0 saturated heterocycles. The summed E-state index contributed by atoms with van der Waals surface area (Å²) in [6, 6.07) is 5.87. The zero-order valence-corrected chi connectivity index (χ0v) is 17.4. The first-order chi connectivity index (χ1) is 12.8. The Morgan fingerprint density at radius 2 is 1.93 bits per heavy atom. The van der Waals surface area contributed by atoms with Crippen molar-refractivity contribution in [3.8, 4) is 5.75 Å². The van der Waals surface area contributed by atoms with Crippen LogP contribution in [0.4, 0.5) is 4.39 Å². The second kappa shape index (κ2) is 11.8. The predicted octanol–water partition coefficient (Wildman–Crippen LogP) is 1.82. The molecular formula is C18H31FN4O3S. The van der Waals surface area contributed by atoms with Crippen molar-refractivity contribution in [1.29, 1.82) is 0 Å². The summed E-state index contributed by atoms with van der Waals surface area (Å²) < 4.78 is 43.4. The molecule has 0 aliphatic carbocycles. The fraction of sp³-hybridized carbons (Fsp3) is 0.611. The molecule has 1 unspecified atom stereocenters. The molecule has 0 radical (unpaired) electrons. The highest BCUT2D eigenvalue weighted by atomic mass is 32.2. The molecule has 2 N–H and O–H groups in total. The van der Waals surface area contributed by atoms with Crippen LogP contribution in [-0.4, -0.2) is 63.8 Å². The molecule has 7 nitrogen and oxygen atoms in total. The van der Waals surface area contributed by atoms with Crippen LogP contribution in [-0.2, 0) is 10.0 Å². The van der Waals surface area contributed by atoms with Gasteiger partial charge in [0.25, 0.3) is 0 Å². The Bertz CT molecular complexity index is 680. The van der Waals surface area contributed by atoms with Gasteiger partial charge in [0, 0.05) is 26.7 Å². The average molecular weight is 403 g/mol. The molecule has 0 amide bonds. The molecule has 9 heteroatoms. The Balaban J connectivity index is 2.43. The van der Waals surface area contributed by atoms with Crippen molar-refractivity contribution in [2.24, 2.45) is 4.99 Å². The van der Waals surface area contributed by atoms with Crippen molar-refractivity contribution in [2.45, 2.75) is 33.3 Å².